The lowest BCUT2D eigenvalue weighted by atomic mass is 9.79. The molecule has 2 rings (SSSR count). The van der Waals surface area contributed by atoms with Crippen LogP contribution in [0.5, 0.6) is 0 Å². The zero-order chi connectivity index (χ0) is 13.7. The number of thiol groups is 1. The Hall–Kier alpha value is -1.22. The third-order valence-corrected chi connectivity index (χ3v) is 4.11. The lowest BCUT2D eigenvalue weighted by Gasteiger charge is -2.26. The van der Waals surface area contributed by atoms with Gasteiger partial charge >= 0.3 is 5.97 Å². The summed E-state index contributed by atoms with van der Waals surface area (Å²) in [7, 11) is 0. The molecule has 0 atom stereocenters. The van der Waals surface area contributed by atoms with Crippen LogP contribution >= 0.6 is 12.9 Å². The summed E-state index contributed by atoms with van der Waals surface area (Å²) in [5.41, 5.74) is 2.42. The van der Waals surface area contributed by atoms with Crippen molar-refractivity contribution in [2.75, 3.05) is 0 Å². The fraction of sp³-hybridized carbons (Fsp3) is 0.438. The van der Waals surface area contributed by atoms with Crippen molar-refractivity contribution in [2.45, 2.75) is 38.5 Å². The summed E-state index contributed by atoms with van der Waals surface area (Å²) in [6.07, 6.45) is 8.38. The van der Waals surface area contributed by atoms with E-state index >= 15 is 0 Å². The largest absolute Gasteiger partial charge is 0.391 e. The van der Waals surface area contributed by atoms with Crippen LogP contribution in [-0.4, -0.2) is 5.97 Å². The van der Waals surface area contributed by atoms with E-state index in [1.807, 2.05) is 0 Å². The molecule has 0 radical (unpaired) electrons. The van der Waals surface area contributed by atoms with Crippen LogP contribution in [0.1, 0.15) is 49.7 Å². The number of carbonyl (C=O) groups excluding carboxylic acids is 1. The van der Waals surface area contributed by atoms with E-state index < -0.39 is 5.97 Å². The molecule has 0 saturated heterocycles. The Morgan fingerprint density at radius 2 is 1.84 bits per heavy atom. The fourth-order valence-corrected chi connectivity index (χ4v) is 2.73. The van der Waals surface area contributed by atoms with Crippen LogP contribution in [0.2, 0.25) is 0 Å². The molecule has 102 valence electrons. The molecule has 1 aliphatic rings. The van der Waals surface area contributed by atoms with Crippen LogP contribution in [0.3, 0.4) is 0 Å². The lowest BCUT2D eigenvalue weighted by molar-refractivity contribution is -0.127. The van der Waals surface area contributed by atoms with E-state index in [0.29, 0.717) is 5.92 Å². The average Bonchev–Trinajstić information content (AvgIpc) is 2.46. The van der Waals surface area contributed by atoms with Gasteiger partial charge in [-0.3, -0.25) is 0 Å². The first kappa shape index (κ1) is 14.2. The smallest absolute Gasteiger partial charge is 0.342 e. The van der Waals surface area contributed by atoms with Crippen molar-refractivity contribution >= 4 is 25.0 Å². The molecule has 1 aromatic carbocycles. The molecule has 0 N–H and O–H groups in total. The van der Waals surface area contributed by atoms with E-state index in [4.69, 9.17) is 0 Å². The quantitative estimate of drug-likeness (QED) is 0.503. The second-order valence-corrected chi connectivity index (χ2v) is 5.55. The van der Waals surface area contributed by atoms with Gasteiger partial charge < -0.3 is 4.18 Å². The SMILES string of the molecule is CC1CCC(c2ccc(/C=C/C(=O)OS)cc2)CC1. The predicted octanol–water partition coefficient (Wildman–Crippen LogP) is 4.38. The molecular weight excluding hydrogens is 256 g/mol. The minimum Gasteiger partial charge on any atom is -0.391 e. The van der Waals surface area contributed by atoms with Gasteiger partial charge in [-0.05, 0) is 41.9 Å². The molecule has 1 aromatic rings. The van der Waals surface area contributed by atoms with Gasteiger partial charge in [-0.2, -0.15) is 0 Å². The summed E-state index contributed by atoms with van der Waals surface area (Å²) in [5.74, 6) is 1.14. The molecule has 0 aliphatic heterocycles. The van der Waals surface area contributed by atoms with Crippen molar-refractivity contribution in [1.29, 1.82) is 0 Å². The van der Waals surface area contributed by atoms with Gasteiger partial charge in [-0.25, -0.2) is 4.79 Å². The standard InChI is InChI=1S/C16H20O2S/c1-12-2-7-14(8-3-12)15-9-4-13(5-10-15)6-11-16(17)18-19/h4-6,9-12,14,19H,2-3,7-8H2,1H3/b11-6+. The number of carbonyl (C=O) groups is 1. The molecule has 1 saturated carbocycles. The molecule has 0 amide bonds. The summed E-state index contributed by atoms with van der Waals surface area (Å²) >= 11 is 3.45. The summed E-state index contributed by atoms with van der Waals surface area (Å²) in [6, 6.07) is 8.45. The van der Waals surface area contributed by atoms with Gasteiger partial charge in [0, 0.05) is 19.0 Å². The molecule has 0 unspecified atom stereocenters. The fourth-order valence-electron chi connectivity index (χ4n) is 2.67. The van der Waals surface area contributed by atoms with Gasteiger partial charge in [0.15, 0.2) is 0 Å². The maximum atomic E-state index is 10.9. The second-order valence-electron chi connectivity index (χ2n) is 5.37. The van der Waals surface area contributed by atoms with E-state index in [9.17, 15) is 4.79 Å². The second kappa shape index (κ2) is 6.80. The Bertz CT molecular complexity index is 442. The van der Waals surface area contributed by atoms with Crippen LogP contribution in [0.4, 0.5) is 0 Å². The van der Waals surface area contributed by atoms with Crippen LogP contribution in [0, 0.1) is 5.92 Å². The van der Waals surface area contributed by atoms with Crippen molar-refractivity contribution in [1.82, 2.24) is 0 Å². The zero-order valence-corrected chi connectivity index (χ0v) is 12.1. The van der Waals surface area contributed by atoms with Crippen molar-refractivity contribution in [2.24, 2.45) is 5.92 Å². The normalized spacial score (nSPS) is 23.5. The first-order valence-corrected chi connectivity index (χ1v) is 7.19. The van der Waals surface area contributed by atoms with E-state index in [2.05, 4.69) is 48.3 Å². The molecule has 19 heavy (non-hydrogen) atoms. The molecule has 3 heteroatoms. The van der Waals surface area contributed by atoms with Gasteiger partial charge in [0.05, 0.1) is 0 Å². The Kier molecular flexibility index (Phi) is 5.08. The Labute approximate surface area is 120 Å². The van der Waals surface area contributed by atoms with Gasteiger partial charge in [0.25, 0.3) is 0 Å². The van der Waals surface area contributed by atoms with Crippen molar-refractivity contribution in [3.63, 3.8) is 0 Å². The highest BCUT2D eigenvalue weighted by atomic mass is 32.1. The zero-order valence-electron chi connectivity index (χ0n) is 11.2. The number of rotatable bonds is 3. The summed E-state index contributed by atoms with van der Waals surface area (Å²) < 4.78 is 4.27. The van der Waals surface area contributed by atoms with E-state index in [1.165, 1.54) is 37.3 Å². The third kappa shape index (κ3) is 4.13. The van der Waals surface area contributed by atoms with Gasteiger partial charge in [-0.1, -0.05) is 44.0 Å². The average molecular weight is 276 g/mol. The molecule has 1 aliphatic carbocycles. The van der Waals surface area contributed by atoms with Crippen LogP contribution in [0.15, 0.2) is 30.3 Å². The Morgan fingerprint density at radius 1 is 1.21 bits per heavy atom. The molecule has 0 heterocycles. The molecule has 0 spiro atoms. The number of benzene rings is 1. The van der Waals surface area contributed by atoms with E-state index in [1.54, 1.807) is 6.08 Å². The third-order valence-electron chi connectivity index (χ3n) is 3.93. The summed E-state index contributed by atoms with van der Waals surface area (Å²) in [4.78, 5) is 10.9. The monoisotopic (exact) mass is 276 g/mol. The first-order valence-electron chi connectivity index (χ1n) is 6.82. The summed E-state index contributed by atoms with van der Waals surface area (Å²) in [6.45, 7) is 2.34. The van der Waals surface area contributed by atoms with Gasteiger partial charge in [0.1, 0.15) is 0 Å². The van der Waals surface area contributed by atoms with Crippen LogP contribution in [0.25, 0.3) is 6.08 Å². The van der Waals surface area contributed by atoms with E-state index in [-0.39, 0.29) is 0 Å². The Balaban J connectivity index is 1.98. The minimum absolute atomic E-state index is 0.450. The predicted molar refractivity (Wildman–Crippen MR) is 80.9 cm³/mol. The van der Waals surface area contributed by atoms with Crippen LogP contribution in [-0.2, 0) is 8.98 Å². The highest BCUT2D eigenvalue weighted by Crippen LogP contribution is 2.35. The maximum Gasteiger partial charge on any atom is 0.342 e. The molecular formula is C16H20O2S. The summed E-state index contributed by atoms with van der Waals surface area (Å²) in [5, 5.41) is 0. The van der Waals surface area contributed by atoms with Crippen LogP contribution < -0.4 is 0 Å². The van der Waals surface area contributed by atoms with Crippen molar-refractivity contribution in [3.05, 3.63) is 41.5 Å². The topological polar surface area (TPSA) is 26.3 Å². The minimum atomic E-state index is -0.450. The molecule has 1 fully saturated rings. The maximum absolute atomic E-state index is 10.9. The first-order chi connectivity index (χ1) is 9.19. The van der Waals surface area contributed by atoms with Gasteiger partial charge in [-0.15, -0.1) is 0 Å². The lowest BCUT2D eigenvalue weighted by Crippen LogP contribution is -2.10. The molecule has 2 nitrogen and oxygen atoms in total. The highest BCUT2D eigenvalue weighted by Gasteiger charge is 2.19. The van der Waals surface area contributed by atoms with Crippen molar-refractivity contribution in [3.8, 4) is 0 Å². The van der Waals surface area contributed by atoms with Gasteiger partial charge in [0.2, 0.25) is 0 Å². The molecule has 0 bridgehead atoms. The van der Waals surface area contributed by atoms with E-state index in [0.717, 1.165) is 11.5 Å². The molecule has 0 aromatic heterocycles. The number of hydrogen-bond acceptors (Lipinski definition) is 3. The highest BCUT2D eigenvalue weighted by molar-refractivity contribution is 7.75. The Morgan fingerprint density at radius 3 is 2.42 bits per heavy atom. The van der Waals surface area contributed by atoms with Crippen molar-refractivity contribution < 1.29 is 8.98 Å². The number of hydrogen-bond donors (Lipinski definition) is 1.